The molecule has 1 atom stereocenters. The number of hydrogen-bond donors (Lipinski definition) is 2. The zero-order valence-corrected chi connectivity index (χ0v) is 6.67. The van der Waals surface area contributed by atoms with Crippen molar-refractivity contribution in [3.8, 4) is 0 Å². The molecule has 3 N–H and O–H groups in total. The number of nitrogens with zero attached hydrogens (tertiary/aromatic N) is 1. The van der Waals surface area contributed by atoms with Gasteiger partial charge in [-0.25, -0.2) is 0 Å². The highest BCUT2D eigenvalue weighted by Crippen LogP contribution is 2.49. The Hall–Kier alpha value is -0.830. The monoisotopic (exact) mass is 151 g/mol. The van der Waals surface area contributed by atoms with E-state index in [4.69, 9.17) is 5.73 Å². The fraction of sp³-hybridized carbons (Fsp3) is 0.625. The number of nitrogens with one attached hydrogen (secondary N) is 1. The highest BCUT2D eigenvalue weighted by Gasteiger charge is 2.47. The van der Waals surface area contributed by atoms with Crippen LogP contribution in [0.1, 0.15) is 25.3 Å². The summed E-state index contributed by atoms with van der Waals surface area (Å²) in [6.07, 6.45) is 6.26. The summed E-state index contributed by atoms with van der Waals surface area (Å²) in [5.74, 6) is 0. The third-order valence-corrected chi connectivity index (χ3v) is 2.73. The van der Waals surface area contributed by atoms with E-state index in [0.717, 1.165) is 0 Å². The smallest absolute Gasteiger partial charge is 0.0525 e. The normalized spacial score (nSPS) is 23.1. The minimum Gasteiger partial charge on any atom is -0.327 e. The lowest BCUT2D eigenvalue weighted by Crippen LogP contribution is -2.31. The quantitative estimate of drug-likeness (QED) is 0.656. The summed E-state index contributed by atoms with van der Waals surface area (Å²) in [5, 5.41) is 6.76. The van der Waals surface area contributed by atoms with Crippen LogP contribution in [0.4, 0.5) is 0 Å². The van der Waals surface area contributed by atoms with Gasteiger partial charge in [0.25, 0.3) is 0 Å². The lowest BCUT2D eigenvalue weighted by Gasteiger charge is -2.16. The molecular weight excluding hydrogens is 138 g/mol. The molecule has 3 heteroatoms. The molecule has 1 unspecified atom stereocenters. The molecule has 1 aromatic rings. The fourth-order valence-electron chi connectivity index (χ4n) is 1.66. The van der Waals surface area contributed by atoms with Crippen molar-refractivity contribution in [2.45, 2.75) is 31.2 Å². The Balaban J connectivity index is 2.29. The first-order chi connectivity index (χ1) is 5.26. The van der Waals surface area contributed by atoms with Crippen LogP contribution in [0.5, 0.6) is 0 Å². The average Bonchev–Trinajstić information content (AvgIpc) is 2.61. The average molecular weight is 151 g/mol. The molecule has 1 saturated carbocycles. The summed E-state index contributed by atoms with van der Waals surface area (Å²) < 4.78 is 0. The molecule has 0 aliphatic heterocycles. The zero-order valence-electron chi connectivity index (χ0n) is 6.67. The number of nitrogens with two attached hydrogens (primary N) is 1. The van der Waals surface area contributed by atoms with E-state index in [1.807, 2.05) is 12.4 Å². The van der Waals surface area contributed by atoms with Gasteiger partial charge in [-0.1, -0.05) is 0 Å². The van der Waals surface area contributed by atoms with Crippen LogP contribution < -0.4 is 5.73 Å². The number of rotatable bonds is 2. The Morgan fingerprint density at radius 1 is 1.73 bits per heavy atom. The molecule has 1 aliphatic rings. The van der Waals surface area contributed by atoms with Crippen LogP contribution >= 0.6 is 0 Å². The lowest BCUT2D eigenvalue weighted by atomic mass is 9.92. The molecular formula is C8H13N3. The van der Waals surface area contributed by atoms with E-state index in [2.05, 4.69) is 17.1 Å². The lowest BCUT2D eigenvalue weighted by molar-refractivity contribution is 0.557. The van der Waals surface area contributed by atoms with Gasteiger partial charge in [0.2, 0.25) is 0 Å². The Morgan fingerprint density at radius 2 is 2.45 bits per heavy atom. The largest absolute Gasteiger partial charge is 0.327 e. The molecule has 1 aliphatic carbocycles. The molecule has 60 valence electrons. The van der Waals surface area contributed by atoms with Gasteiger partial charge in [0.15, 0.2) is 0 Å². The maximum absolute atomic E-state index is 5.88. The van der Waals surface area contributed by atoms with Crippen molar-refractivity contribution in [2.75, 3.05) is 0 Å². The van der Waals surface area contributed by atoms with E-state index >= 15 is 0 Å². The summed E-state index contributed by atoms with van der Waals surface area (Å²) in [4.78, 5) is 0. The Bertz CT molecular complexity index is 234. The SMILES string of the molecule is CC(N)C1(c2cn[nH]c2)CC1. The molecule has 0 aromatic carbocycles. The van der Waals surface area contributed by atoms with Gasteiger partial charge in [-0.2, -0.15) is 5.10 Å². The zero-order chi connectivity index (χ0) is 7.90. The second kappa shape index (κ2) is 2.08. The first-order valence-electron chi connectivity index (χ1n) is 4.00. The van der Waals surface area contributed by atoms with Crippen LogP contribution in [-0.4, -0.2) is 16.2 Å². The minimum atomic E-state index is 0.250. The third-order valence-electron chi connectivity index (χ3n) is 2.73. The summed E-state index contributed by atoms with van der Waals surface area (Å²) in [6, 6.07) is 0.250. The van der Waals surface area contributed by atoms with Gasteiger partial charge >= 0.3 is 0 Å². The maximum Gasteiger partial charge on any atom is 0.0525 e. The number of aromatic nitrogens is 2. The van der Waals surface area contributed by atoms with Crippen molar-refractivity contribution in [1.82, 2.24) is 10.2 Å². The first-order valence-corrected chi connectivity index (χ1v) is 4.00. The maximum atomic E-state index is 5.88. The van der Waals surface area contributed by atoms with Gasteiger partial charge in [-0.15, -0.1) is 0 Å². The van der Waals surface area contributed by atoms with E-state index in [-0.39, 0.29) is 11.5 Å². The van der Waals surface area contributed by atoms with Crippen LogP contribution in [0.15, 0.2) is 12.4 Å². The summed E-state index contributed by atoms with van der Waals surface area (Å²) in [7, 11) is 0. The highest BCUT2D eigenvalue weighted by atomic mass is 15.1. The van der Waals surface area contributed by atoms with Gasteiger partial charge in [-0.3, -0.25) is 5.10 Å². The Labute approximate surface area is 66.0 Å². The van der Waals surface area contributed by atoms with Crippen molar-refractivity contribution < 1.29 is 0 Å². The Kier molecular flexibility index (Phi) is 1.29. The molecule has 0 radical (unpaired) electrons. The highest BCUT2D eigenvalue weighted by molar-refractivity contribution is 5.29. The fourth-order valence-corrected chi connectivity index (χ4v) is 1.66. The second-order valence-electron chi connectivity index (χ2n) is 3.43. The second-order valence-corrected chi connectivity index (χ2v) is 3.43. The van der Waals surface area contributed by atoms with Gasteiger partial charge in [-0.05, 0) is 25.3 Å². The molecule has 0 saturated heterocycles. The van der Waals surface area contributed by atoms with Crippen molar-refractivity contribution in [3.05, 3.63) is 18.0 Å². The van der Waals surface area contributed by atoms with Crippen LogP contribution in [0.25, 0.3) is 0 Å². The Morgan fingerprint density at radius 3 is 2.82 bits per heavy atom. The number of H-pyrrole nitrogens is 1. The molecule has 0 bridgehead atoms. The molecule has 1 aromatic heterocycles. The predicted octanol–water partition coefficient (Wildman–Crippen LogP) is 0.789. The standard InChI is InChI=1S/C8H13N3/c1-6(9)8(2-3-8)7-4-10-11-5-7/h4-6H,2-3,9H2,1H3,(H,10,11). The summed E-state index contributed by atoms with van der Waals surface area (Å²) >= 11 is 0. The van der Waals surface area contributed by atoms with E-state index in [1.54, 1.807) is 0 Å². The van der Waals surface area contributed by atoms with Gasteiger partial charge in [0.1, 0.15) is 0 Å². The van der Waals surface area contributed by atoms with Crippen LogP contribution in [-0.2, 0) is 5.41 Å². The van der Waals surface area contributed by atoms with Gasteiger partial charge in [0, 0.05) is 17.7 Å². The van der Waals surface area contributed by atoms with Gasteiger partial charge < -0.3 is 5.73 Å². The minimum absolute atomic E-state index is 0.250. The third kappa shape index (κ3) is 0.878. The molecule has 11 heavy (non-hydrogen) atoms. The van der Waals surface area contributed by atoms with E-state index in [9.17, 15) is 0 Å². The molecule has 0 spiro atoms. The van der Waals surface area contributed by atoms with Crippen LogP contribution in [0.2, 0.25) is 0 Å². The summed E-state index contributed by atoms with van der Waals surface area (Å²) in [5.41, 5.74) is 7.41. The molecule has 2 rings (SSSR count). The van der Waals surface area contributed by atoms with E-state index in [0.29, 0.717) is 0 Å². The summed E-state index contributed by atoms with van der Waals surface area (Å²) in [6.45, 7) is 2.07. The molecule has 1 heterocycles. The topological polar surface area (TPSA) is 54.7 Å². The van der Waals surface area contributed by atoms with Crippen LogP contribution in [0, 0.1) is 0 Å². The number of aromatic amines is 1. The number of hydrogen-bond acceptors (Lipinski definition) is 2. The van der Waals surface area contributed by atoms with E-state index < -0.39 is 0 Å². The first kappa shape index (κ1) is 6.85. The molecule has 3 nitrogen and oxygen atoms in total. The van der Waals surface area contributed by atoms with Crippen molar-refractivity contribution >= 4 is 0 Å². The van der Waals surface area contributed by atoms with Gasteiger partial charge in [0.05, 0.1) is 6.20 Å². The van der Waals surface area contributed by atoms with Crippen LogP contribution in [0.3, 0.4) is 0 Å². The van der Waals surface area contributed by atoms with Crippen molar-refractivity contribution in [1.29, 1.82) is 0 Å². The van der Waals surface area contributed by atoms with Crippen molar-refractivity contribution in [2.24, 2.45) is 5.73 Å². The predicted molar refractivity (Wildman–Crippen MR) is 43.1 cm³/mol. The van der Waals surface area contributed by atoms with Crippen molar-refractivity contribution in [3.63, 3.8) is 0 Å². The molecule has 0 amide bonds. The van der Waals surface area contributed by atoms with E-state index in [1.165, 1.54) is 18.4 Å². The molecule has 1 fully saturated rings.